The minimum absolute atomic E-state index is 0.246. The van der Waals surface area contributed by atoms with Gasteiger partial charge in [0, 0.05) is 13.5 Å². The molecule has 0 spiro atoms. The van der Waals surface area contributed by atoms with Crippen LogP contribution in [0.2, 0.25) is 0 Å². The van der Waals surface area contributed by atoms with E-state index < -0.39 is 0 Å². The summed E-state index contributed by atoms with van der Waals surface area (Å²) in [5.74, 6) is 0.789. The van der Waals surface area contributed by atoms with E-state index in [1.54, 1.807) is 13.3 Å². The second-order valence-corrected chi connectivity index (χ2v) is 4.31. The normalized spacial score (nSPS) is 10.8. The second kappa shape index (κ2) is 5.64. The van der Waals surface area contributed by atoms with Gasteiger partial charge in [0.15, 0.2) is 11.5 Å². The molecule has 19 heavy (non-hydrogen) atoms. The largest absolute Gasteiger partial charge is 0.466 e. The van der Waals surface area contributed by atoms with Gasteiger partial charge in [-0.2, -0.15) is 0 Å². The standard InChI is InChI=1S/C12H17N5O2/c1-8-15-11(13)10-12(16-8)17(7-14-10)5-3-4-6-19-9(2)18/h7H,3-6H2,1-2H3,(H2,13,15,16). The maximum absolute atomic E-state index is 10.6. The van der Waals surface area contributed by atoms with E-state index in [2.05, 4.69) is 15.0 Å². The highest BCUT2D eigenvalue weighted by molar-refractivity contribution is 5.81. The zero-order valence-electron chi connectivity index (χ0n) is 11.1. The summed E-state index contributed by atoms with van der Waals surface area (Å²) in [7, 11) is 0. The molecular formula is C12H17N5O2. The Labute approximate surface area is 110 Å². The lowest BCUT2D eigenvalue weighted by atomic mass is 10.3. The van der Waals surface area contributed by atoms with Crippen molar-refractivity contribution in [3.8, 4) is 0 Å². The number of nitrogen functional groups attached to an aromatic ring is 1. The fourth-order valence-electron chi connectivity index (χ4n) is 1.84. The number of nitrogens with zero attached hydrogens (tertiary/aromatic N) is 4. The molecule has 0 fully saturated rings. The topological polar surface area (TPSA) is 95.9 Å². The summed E-state index contributed by atoms with van der Waals surface area (Å²) in [4.78, 5) is 23.3. The molecule has 0 aliphatic heterocycles. The van der Waals surface area contributed by atoms with Crippen LogP contribution in [0.25, 0.3) is 11.2 Å². The first kappa shape index (κ1) is 13.3. The second-order valence-electron chi connectivity index (χ2n) is 4.31. The highest BCUT2D eigenvalue weighted by atomic mass is 16.5. The Kier molecular flexibility index (Phi) is 3.94. The molecule has 2 rings (SSSR count). The summed E-state index contributed by atoms with van der Waals surface area (Å²) in [6.07, 6.45) is 3.39. The molecule has 0 unspecified atom stereocenters. The number of carbonyl (C=O) groups excluding carboxylic acids is 1. The van der Waals surface area contributed by atoms with Crippen molar-refractivity contribution in [3.05, 3.63) is 12.2 Å². The Bertz CT molecular complexity index is 593. The van der Waals surface area contributed by atoms with Crippen LogP contribution in [0.15, 0.2) is 6.33 Å². The fraction of sp³-hybridized carbons (Fsp3) is 0.500. The number of esters is 1. The molecule has 2 aromatic rings. The maximum Gasteiger partial charge on any atom is 0.302 e. The number of anilines is 1. The van der Waals surface area contributed by atoms with Gasteiger partial charge in [0.2, 0.25) is 0 Å². The smallest absolute Gasteiger partial charge is 0.302 e. The van der Waals surface area contributed by atoms with E-state index in [4.69, 9.17) is 10.5 Å². The number of aryl methyl sites for hydroxylation is 2. The SMILES string of the molecule is CC(=O)OCCCCn1cnc2c(N)nc(C)nc21. The Balaban J connectivity index is 1.99. The Hall–Kier alpha value is -2.18. The van der Waals surface area contributed by atoms with Crippen molar-refractivity contribution in [2.75, 3.05) is 12.3 Å². The number of hydrogen-bond donors (Lipinski definition) is 1. The monoisotopic (exact) mass is 263 g/mol. The zero-order valence-corrected chi connectivity index (χ0v) is 11.1. The van der Waals surface area contributed by atoms with Crippen LogP contribution in [0.1, 0.15) is 25.6 Å². The van der Waals surface area contributed by atoms with Crippen LogP contribution in [-0.4, -0.2) is 32.1 Å². The molecule has 0 aliphatic carbocycles. The predicted octanol–water partition coefficient (Wildman–Crippen LogP) is 1.06. The van der Waals surface area contributed by atoms with Crippen molar-refractivity contribution in [1.29, 1.82) is 0 Å². The van der Waals surface area contributed by atoms with Gasteiger partial charge in [-0.3, -0.25) is 4.79 Å². The molecule has 0 bridgehead atoms. The van der Waals surface area contributed by atoms with Crippen LogP contribution in [0.4, 0.5) is 5.82 Å². The molecule has 0 aromatic carbocycles. The van der Waals surface area contributed by atoms with Gasteiger partial charge >= 0.3 is 5.97 Å². The summed E-state index contributed by atoms with van der Waals surface area (Å²) >= 11 is 0. The summed E-state index contributed by atoms with van der Waals surface area (Å²) in [5, 5.41) is 0. The number of carbonyl (C=O) groups is 1. The van der Waals surface area contributed by atoms with E-state index in [1.807, 2.05) is 4.57 Å². The number of fused-ring (bicyclic) bond motifs is 1. The average Bonchev–Trinajstić information content (AvgIpc) is 2.72. The molecule has 0 aliphatic rings. The molecule has 7 nitrogen and oxygen atoms in total. The lowest BCUT2D eigenvalue weighted by molar-refractivity contribution is -0.141. The van der Waals surface area contributed by atoms with Gasteiger partial charge in [0.25, 0.3) is 0 Å². The van der Waals surface area contributed by atoms with Gasteiger partial charge in [-0.25, -0.2) is 15.0 Å². The van der Waals surface area contributed by atoms with Crippen LogP contribution in [0, 0.1) is 6.92 Å². The van der Waals surface area contributed by atoms with Gasteiger partial charge < -0.3 is 15.0 Å². The molecule has 102 valence electrons. The molecule has 0 radical (unpaired) electrons. The van der Waals surface area contributed by atoms with Crippen LogP contribution in [0.3, 0.4) is 0 Å². The summed E-state index contributed by atoms with van der Waals surface area (Å²) < 4.78 is 6.82. The Morgan fingerprint density at radius 2 is 2.21 bits per heavy atom. The van der Waals surface area contributed by atoms with E-state index in [1.165, 1.54) is 6.92 Å². The van der Waals surface area contributed by atoms with Crippen molar-refractivity contribution in [1.82, 2.24) is 19.5 Å². The van der Waals surface area contributed by atoms with E-state index in [0.29, 0.717) is 23.8 Å². The van der Waals surface area contributed by atoms with Crippen molar-refractivity contribution >= 4 is 23.0 Å². The van der Waals surface area contributed by atoms with Gasteiger partial charge in [0.1, 0.15) is 11.3 Å². The molecule has 7 heteroatoms. The quantitative estimate of drug-likeness (QED) is 0.640. The van der Waals surface area contributed by atoms with E-state index in [-0.39, 0.29) is 5.97 Å². The summed E-state index contributed by atoms with van der Waals surface area (Å²) in [6, 6.07) is 0. The predicted molar refractivity (Wildman–Crippen MR) is 70.3 cm³/mol. The van der Waals surface area contributed by atoms with E-state index >= 15 is 0 Å². The van der Waals surface area contributed by atoms with Crippen molar-refractivity contribution in [2.24, 2.45) is 0 Å². The number of nitrogens with two attached hydrogens (primary N) is 1. The number of imidazole rings is 1. The van der Waals surface area contributed by atoms with Crippen molar-refractivity contribution < 1.29 is 9.53 Å². The third kappa shape index (κ3) is 3.18. The lowest BCUT2D eigenvalue weighted by Gasteiger charge is -2.05. The number of unbranched alkanes of at least 4 members (excludes halogenated alkanes) is 1. The molecule has 0 amide bonds. The van der Waals surface area contributed by atoms with Crippen LogP contribution in [0.5, 0.6) is 0 Å². The number of ether oxygens (including phenoxy) is 1. The fourth-order valence-corrected chi connectivity index (χ4v) is 1.84. The van der Waals surface area contributed by atoms with Crippen LogP contribution in [-0.2, 0) is 16.1 Å². The molecular weight excluding hydrogens is 246 g/mol. The highest BCUT2D eigenvalue weighted by Crippen LogP contribution is 2.16. The van der Waals surface area contributed by atoms with Gasteiger partial charge in [-0.15, -0.1) is 0 Å². The van der Waals surface area contributed by atoms with Crippen molar-refractivity contribution in [3.63, 3.8) is 0 Å². The third-order valence-corrected chi connectivity index (χ3v) is 2.70. The van der Waals surface area contributed by atoms with Gasteiger partial charge in [0.05, 0.1) is 12.9 Å². The number of aromatic nitrogens is 4. The summed E-state index contributed by atoms with van der Waals surface area (Å²) in [5.41, 5.74) is 7.17. The van der Waals surface area contributed by atoms with E-state index in [9.17, 15) is 4.79 Å². The molecule has 2 aromatic heterocycles. The van der Waals surface area contributed by atoms with Gasteiger partial charge in [-0.05, 0) is 19.8 Å². The maximum atomic E-state index is 10.6. The number of rotatable bonds is 5. The van der Waals surface area contributed by atoms with Crippen LogP contribution >= 0.6 is 0 Å². The minimum atomic E-state index is -0.246. The highest BCUT2D eigenvalue weighted by Gasteiger charge is 2.09. The minimum Gasteiger partial charge on any atom is -0.466 e. The first-order valence-electron chi connectivity index (χ1n) is 6.16. The van der Waals surface area contributed by atoms with Gasteiger partial charge in [-0.1, -0.05) is 0 Å². The Morgan fingerprint density at radius 3 is 2.95 bits per heavy atom. The zero-order chi connectivity index (χ0) is 13.8. The Morgan fingerprint density at radius 1 is 1.42 bits per heavy atom. The first-order valence-corrected chi connectivity index (χ1v) is 6.16. The average molecular weight is 263 g/mol. The molecule has 2 heterocycles. The van der Waals surface area contributed by atoms with E-state index in [0.717, 1.165) is 25.0 Å². The molecule has 2 N–H and O–H groups in total. The molecule has 0 atom stereocenters. The van der Waals surface area contributed by atoms with Crippen LogP contribution < -0.4 is 5.73 Å². The summed E-state index contributed by atoms with van der Waals surface area (Å²) in [6.45, 7) is 4.41. The number of hydrogen-bond acceptors (Lipinski definition) is 6. The first-order chi connectivity index (χ1) is 9.08. The molecule has 0 saturated heterocycles. The lowest BCUT2D eigenvalue weighted by Crippen LogP contribution is -2.04. The van der Waals surface area contributed by atoms with Crippen molar-refractivity contribution in [2.45, 2.75) is 33.2 Å². The molecule has 0 saturated carbocycles. The third-order valence-electron chi connectivity index (χ3n) is 2.70.